The quantitative estimate of drug-likeness (QED) is 0.600. The van der Waals surface area contributed by atoms with E-state index in [1.807, 2.05) is 0 Å². The van der Waals surface area contributed by atoms with Crippen LogP contribution in [-0.4, -0.2) is 41.0 Å². The van der Waals surface area contributed by atoms with Crippen molar-refractivity contribution in [1.29, 1.82) is 0 Å². The summed E-state index contributed by atoms with van der Waals surface area (Å²) in [6, 6.07) is 2.79. The standard InChI is InChI=1S/C20H22Cl2N4O4/c1-11(25-12(2)27)9-29-18-6-15(21)17(8-23-18)26-19(28)14-5-16(22)20(24-7-14)30-10-13-3-4-13/h5-8,11,13H,3-4,9-10H2,1-2H3,(H,25,27)(H,26,28)/t11-/m0/s1. The second kappa shape index (κ2) is 9.95. The highest BCUT2D eigenvalue weighted by Gasteiger charge is 2.23. The smallest absolute Gasteiger partial charge is 0.257 e. The maximum atomic E-state index is 12.5. The summed E-state index contributed by atoms with van der Waals surface area (Å²) in [5.41, 5.74) is 0.577. The highest BCUT2D eigenvalue weighted by atomic mass is 35.5. The maximum Gasteiger partial charge on any atom is 0.257 e. The summed E-state index contributed by atoms with van der Waals surface area (Å²) < 4.78 is 11.1. The van der Waals surface area contributed by atoms with E-state index < -0.39 is 5.91 Å². The molecule has 2 heterocycles. The van der Waals surface area contributed by atoms with Crippen molar-refractivity contribution in [3.05, 3.63) is 40.1 Å². The molecule has 8 nitrogen and oxygen atoms in total. The number of carbonyl (C=O) groups excluding carboxylic acids is 2. The molecule has 1 fully saturated rings. The Balaban J connectivity index is 1.57. The lowest BCUT2D eigenvalue weighted by atomic mass is 10.2. The molecular weight excluding hydrogens is 431 g/mol. The van der Waals surface area contributed by atoms with Gasteiger partial charge >= 0.3 is 0 Å². The summed E-state index contributed by atoms with van der Waals surface area (Å²) in [4.78, 5) is 31.8. The molecule has 2 N–H and O–H groups in total. The van der Waals surface area contributed by atoms with Crippen LogP contribution in [0.1, 0.15) is 37.0 Å². The highest BCUT2D eigenvalue weighted by Crippen LogP contribution is 2.31. The molecule has 0 saturated heterocycles. The topological polar surface area (TPSA) is 102 Å². The third-order valence-electron chi connectivity index (χ3n) is 4.23. The molecule has 1 saturated carbocycles. The molecule has 1 aliphatic rings. The molecule has 0 aliphatic heterocycles. The van der Waals surface area contributed by atoms with E-state index in [-0.39, 0.29) is 40.0 Å². The monoisotopic (exact) mass is 452 g/mol. The van der Waals surface area contributed by atoms with Crippen LogP contribution in [0.15, 0.2) is 24.5 Å². The molecule has 0 unspecified atom stereocenters. The molecule has 30 heavy (non-hydrogen) atoms. The van der Waals surface area contributed by atoms with E-state index in [2.05, 4.69) is 20.6 Å². The molecule has 0 bridgehead atoms. The molecule has 2 aromatic rings. The van der Waals surface area contributed by atoms with E-state index in [1.165, 1.54) is 31.5 Å². The number of nitrogens with zero attached hydrogens (tertiary/aromatic N) is 2. The summed E-state index contributed by atoms with van der Waals surface area (Å²) in [6.07, 6.45) is 5.10. The van der Waals surface area contributed by atoms with Gasteiger partial charge in [-0.15, -0.1) is 0 Å². The number of hydrogen-bond acceptors (Lipinski definition) is 6. The van der Waals surface area contributed by atoms with Crippen molar-refractivity contribution >= 4 is 40.7 Å². The number of ether oxygens (including phenoxy) is 2. The summed E-state index contributed by atoms with van der Waals surface area (Å²) >= 11 is 12.4. The van der Waals surface area contributed by atoms with Crippen molar-refractivity contribution in [2.45, 2.75) is 32.7 Å². The molecule has 10 heteroatoms. The van der Waals surface area contributed by atoms with Gasteiger partial charge in [0.25, 0.3) is 5.91 Å². The molecule has 0 aromatic carbocycles. The number of pyridine rings is 2. The third-order valence-corrected chi connectivity index (χ3v) is 4.81. The van der Waals surface area contributed by atoms with Crippen molar-refractivity contribution in [2.24, 2.45) is 5.92 Å². The third kappa shape index (κ3) is 6.47. The van der Waals surface area contributed by atoms with Crippen LogP contribution in [0.2, 0.25) is 10.0 Å². The van der Waals surface area contributed by atoms with Gasteiger partial charge in [0.1, 0.15) is 11.6 Å². The first kappa shape index (κ1) is 22.1. The Labute approximate surface area is 184 Å². The largest absolute Gasteiger partial charge is 0.476 e. The second-order valence-electron chi connectivity index (χ2n) is 7.13. The molecule has 0 spiro atoms. The van der Waals surface area contributed by atoms with Crippen LogP contribution in [0.5, 0.6) is 11.8 Å². The van der Waals surface area contributed by atoms with Gasteiger partial charge in [0.2, 0.25) is 17.7 Å². The molecule has 2 aromatic heterocycles. The molecule has 160 valence electrons. The maximum absolute atomic E-state index is 12.5. The Morgan fingerprint density at radius 1 is 1.17 bits per heavy atom. The normalized spacial score (nSPS) is 14.0. The minimum atomic E-state index is -0.435. The van der Waals surface area contributed by atoms with E-state index in [1.54, 1.807) is 6.92 Å². The van der Waals surface area contributed by atoms with E-state index in [9.17, 15) is 9.59 Å². The Morgan fingerprint density at radius 2 is 1.93 bits per heavy atom. The summed E-state index contributed by atoms with van der Waals surface area (Å²) in [5.74, 6) is 0.579. The van der Waals surface area contributed by atoms with Crippen LogP contribution in [0.25, 0.3) is 0 Å². The Bertz CT molecular complexity index is 937. The average Bonchev–Trinajstić information content (AvgIpc) is 3.51. The number of hydrogen-bond donors (Lipinski definition) is 2. The minimum Gasteiger partial charge on any atom is -0.476 e. The zero-order chi connectivity index (χ0) is 21.7. The fraction of sp³-hybridized carbons (Fsp3) is 0.400. The highest BCUT2D eigenvalue weighted by molar-refractivity contribution is 6.34. The number of aromatic nitrogens is 2. The summed E-state index contributed by atoms with van der Waals surface area (Å²) in [7, 11) is 0. The van der Waals surface area contributed by atoms with Gasteiger partial charge in [0.15, 0.2) is 0 Å². The SMILES string of the molecule is CC(=O)N[C@@H](C)COc1cc(Cl)c(NC(=O)c2cnc(OCC3CC3)c(Cl)c2)cn1. The van der Waals surface area contributed by atoms with Crippen LogP contribution in [0, 0.1) is 5.92 Å². The van der Waals surface area contributed by atoms with Gasteiger partial charge in [0, 0.05) is 19.2 Å². The Hall–Kier alpha value is -2.58. The number of anilines is 1. The number of amides is 2. The molecule has 1 aliphatic carbocycles. The van der Waals surface area contributed by atoms with E-state index in [0.717, 1.165) is 12.8 Å². The summed E-state index contributed by atoms with van der Waals surface area (Å²) in [5, 5.41) is 5.89. The van der Waals surface area contributed by atoms with Crippen LogP contribution in [-0.2, 0) is 4.79 Å². The van der Waals surface area contributed by atoms with Gasteiger partial charge in [-0.2, -0.15) is 0 Å². The zero-order valence-electron chi connectivity index (χ0n) is 16.6. The summed E-state index contributed by atoms with van der Waals surface area (Å²) in [6.45, 7) is 4.05. The van der Waals surface area contributed by atoms with Crippen molar-refractivity contribution < 1.29 is 19.1 Å². The van der Waals surface area contributed by atoms with Gasteiger partial charge in [-0.25, -0.2) is 9.97 Å². The number of nitrogens with one attached hydrogen (secondary N) is 2. The van der Waals surface area contributed by atoms with Crippen LogP contribution in [0.3, 0.4) is 0 Å². The van der Waals surface area contributed by atoms with E-state index in [0.29, 0.717) is 24.1 Å². The van der Waals surface area contributed by atoms with Crippen LogP contribution in [0.4, 0.5) is 5.69 Å². The van der Waals surface area contributed by atoms with Gasteiger partial charge in [-0.05, 0) is 31.7 Å². The minimum absolute atomic E-state index is 0.146. The molecular formula is C20H22Cl2N4O4. The lowest BCUT2D eigenvalue weighted by Gasteiger charge is -2.14. The van der Waals surface area contributed by atoms with Crippen molar-refractivity contribution in [1.82, 2.24) is 15.3 Å². The van der Waals surface area contributed by atoms with Gasteiger partial charge in [-0.3, -0.25) is 9.59 Å². The molecule has 1 atom stereocenters. The Morgan fingerprint density at radius 3 is 2.57 bits per heavy atom. The van der Waals surface area contributed by atoms with Crippen LogP contribution < -0.4 is 20.1 Å². The molecule has 3 rings (SSSR count). The second-order valence-corrected chi connectivity index (χ2v) is 7.95. The average molecular weight is 453 g/mol. The first-order chi connectivity index (χ1) is 14.3. The fourth-order valence-electron chi connectivity index (χ4n) is 2.51. The van der Waals surface area contributed by atoms with E-state index >= 15 is 0 Å². The van der Waals surface area contributed by atoms with Crippen molar-refractivity contribution in [3.63, 3.8) is 0 Å². The van der Waals surface area contributed by atoms with Crippen molar-refractivity contribution in [3.8, 4) is 11.8 Å². The number of rotatable bonds is 9. The van der Waals surface area contributed by atoms with Gasteiger partial charge < -0.3 is 20.1 Å². The van der Waals surface area contributed by atoms with E-state index in [4.69, 9.17) is 32.7 Å². The van der Waals surface area contributed by atoms with Crippen molar-refractivity contribution in [2.75, 3.05) is 18.5 Å². The first-order valence-electron chi connectivity index (χ1n) is 9.47. The van der Waals surface area contributed by atoms with Gasteiger partial charge in [-0.1, -0.05) is 23.2 Å². The molecule has 2 amide bonds. The predicted molar refractivity (Wildman–Crippen MR) is 113 cm³/mol. The lowest BCUT2D eigenvalue weighted by Crippen LogP contribution is -2.35. The van der Waals surface area contributed by atoms with Crippen LogP contribution >= 0.6 is 23.2 Å². The number of carbonyl (C=O) groups is 2. The Kier molecular flexibility index (Phi) is 7.33. The first-order valence-corrected chi connectivity index (χ1v) is 10.2. The number of halogens is 2. The predicted octanol–water partition coefficient (Wildman–Crippen LogP) is 3.73. The lowest BCUT2D eigenvalue weighted by molar-refractivity contribution is -0.119. The van der Waals surface area contributed by atoms with Gasteiger partial charge in [0.05, 0.1) is 35.1 Å². The fourth-order valence-corrected chi connectivity index (χ4v) is 2.93. The zero-order valence-corrected chi connectivity index (χ0v) is 18.1. The molecule has 0 radical (unpaired) electrons.